The molecule has 0 aliphatic carbocycles. The fourth-order valence-electron chi connectivity index (χ4n) is 2.28. The maximum atomic E-state index is 9.18. The Bertz CT molecular complexity index is 368. The molecule has 1 rings (SSSR count). The monoisotopic (exact) mass is 264 g/mol. The molecule has 0 saturated heterocycles. The Labute approximate surface area is 117 Å². The van der Waals surface area contributed by atoms with Crippen molar-refractivity contribution in [3.05, 3.63) is 35.4 Å². The van der Waals surface area contributed by atoms with Crippen LogP contribution in [0.4, 0.5) is 0 Å². The van der Waals surface area contributed by atoms with Crippen LogP contribution in [0.1, 0.15) is 37.4 Å². The fourth-order valence-corrected chi connectivity index (χ4v) is 2.28. The number of benzene rings is 1. The van der Waals surface area contributed by atoms with Gasteiger partial charge in [0, 0.05) is 18.6 Å². The van der Waals surface area contributed by atoms with Gasteiger partial charge in [0.15, 0.2) is 0 Å². The van der Waals surface area contributed by atoms with Crippen LogP contribution < -0.4 is 5.32 Å². The highest BCUT2D eigenvalue weighted by molar-refractivity contribution is 5.28. The van der Waals surface area contributed by atoms with E-state index < -0.39 is 0 Å². The Morgan fingerprint density at radius 3 is 2.58 bits per heavy atom. The van der Waals surface area contributed by atoms with Crippen LogP contribution in [0.5, 0.6) is 0 Å². The summed E-state index contributed by atoms with van der Waals surface area (Å²) in [6.45, 7) is 8.53. The highest BCUT2D eigenvalue weighted by Gasteiger charge is 2.15. The number of aliphatic hydroxyl groups is 1. The van der Waals surface area contributed by atoms with Crippen molar-refractivity contribution in [2.75, 3.05) is 26.7 Å². The van der Waals surface area contributed by atoms with Gasteiger partial charge < -0.3 is 15.3 Å². The molecule has 0 spiro atoms. The Balaban J connectivity index is 2.66. The van der Waals surface area contributed by atoms with E-state index in [1.54, 1.807) is 0 Å². The van der Waals surface area contributed by atoms with Crippen LogP contribution in [0.2, 0.25) is 0 Å². The number of nitrogens with zero attached hydrogens (tertiary/aromatic N) is 1. The Hall–Kier alpha value is -0.900. The van der Waals surface area contributed by atoms with Gasteiger partial charge in [0.25, 0.3) is 0 Å². The van der Waals surface area contributed by atoms with Gasteiger partial charge in [-0.25, -0.2) is 0 Å². The molecule has 0 fully saturated rings. The summed E-state index contributed by atoms with van der Waals surface area (Å²) >= 11 is 0. The molecule has 2 N–H and O–H groups in total. The molecule has 2 unspecified atom stereocenters. The van der Waals surface area contributed by atoms with E-state index in [1.165, 1.54) is 11.1 Å². The van der Waals surface area contributed by atoms with Crippen molar-refractivity contribution in [3.63, 3.8) is 0 Å². The number of hydrogen-bond donors (Lipinski definition) is 2. The molecule has 0 bridgehead atoms. The molecule has 2 atom stereocenters. The van der Waals surface area contributed by atoms with Crippen LogP contribution in [-0.2, 0) is 0 Å². The zero-order valence-corrected chi connectivity index (χ0v) is 12.7. The van der Waals surface area contributed by atoms with E-state index in [0.717, 1.165) is 19.5 Å². The Kier molecular flexibility index (Phi) is 7.06. The van der Waals surface area contributed by atoms with Gasteiger partial charge in [-0.3, -0.25) is 0 Å². The van der Waals surface area contributed by atoms with E-state index in [-0.39, 0.29) is 12.6 Å². The van der Waals surface area contributed by atoms with Crippen molar-refractivity contribution in [1.29, 1.82) is 0 Å². The third kappa shape index (κ3) is 4.94. The minimum Gasteiger partial charge on any atom is -0.395 e. The van der Waals surface area contributed by atoms with Gasteiger partial charge in [-0.15, -0.1) is 0 Å². The van der Waals surface area contributed by atoms with Gasteiger partial charge in [0.1, 0.15) is 0 Å². The SMILES string of the molecule is CCNC(CCN(C)C(C)CO)c1ccccc1C. The number of hydrogen-bond acceptors (Lipinski definition) is 3. The maximum Gasteiger partial charge on any atom is 0.0584 e. The zero-order chi connectivity index (χ0) is 14.3. The van der Waals surface area contributed by atoms with Crippen LogP contribution in [0.25, 0.3) is 0 Å². The molecule has 0 saturated carbocycles. The second-order valence-electron chi connectivity index (χ2n) is 5.27. The topological polar surface area (TPSA) is 35.5 Å². The van der Waals surface area contributed by atoms with Crippen molar-refractivity contribution in [3.8, 4) is 0 Å². The molecule has 0 heterocycles. The van der Waals surface area contributed by atoms with E-state index in [2.05, 4.69) is 62.3 Å². The number of likely N-dealkylation sites (N-methyl/N-ethyl adjacent to an activating group) is 1. The number of aryl methyl sites for hydroxylation is 1. The summed E-state index contributed by atoms with van der Waals surface area (Å²) in [5, 5.41) is 12.7. The lowest BCUT2D eigenvalue weighted by Crippen LogP contribution is -2.35. The highest BCUT2D eigenvalue weighted by Crippen LogP contribution is 2.21. The third-order valence-corrected chi connectivity index (χ3v) is 3.80. The Morgan fingerprint density at radius 1 is 1.32 bits per heavy atom. The van der Waals surface area contributed by atoms with E-state index in [0.29, 0.717) is 6.04 Å². The minimum atomic E-state index is 0.215. The molecule has 1 aromatic carbocycles. The predicted molar refractivity (Wildman–Crippen MR) is 81.4 cm³/mol. The van der Waals surface area contributed by atoms with Gasteiger partial charge in [-0.1, -0.05) is 31.2 Å². The standard InChI is InChI=1S/C16H28N2O/c1-5-17-16(10-11-18(4)14(3)12-19)15-9-7-6-8-13(15)2/h6-9,14,16-17,19H,5,10-12H2,1-4H3. The van der Waals surface area contributed by atoms with Crippen molar-refractivity contribution in [2.24, 2.45) is 0 Å². The predicted octanol–water partition coefficient (Wildman–Crippen LogP) is 2.35. The molecule has 3 nitrogen and oxygen atoms in total. The second-order valence-corrected chi connectivity index (χ2v) is 5.27. The van der Waals surface area contributed by atoms with Crippen LogP contribution >= 0.6 is 0 Å². The summed E-state index contributed by atoms with van der Waals surface area (Å²) in [5.74, 6) is 0. The van der Waals surface area contributed by atoms with Gasteiger partial charge >= 0.3 is 0 Å². The average molecular weight is 264 g/mol. The van der Waals surface area contributed by atoms with Crippen molar-refractivity contribution in [2.45, 2.75) is 39.3 Å². The lowest BCUT2D eigenvalue weighted by molar-refractivity contribution is 0.154. The fraction of sp³-hybridized carbons (Fsp3) is 0.625. The first-order valence-corrected chi connectivity index (χ1v) is 7.20. The second kappa shape index (κ2) is 8.31. The maximum absolute atomic E-state index is 9.18. The van der Waals surface area contributed by atoms with Gasteiger partial charge in [0.05, 0.1) is 6.61 Å². The van der Waals surface area contributed by atoms with Gasteiger partial charge in [-0.2, -0.15) is 0 Å². The van der Waals surface area contributed by atoms with E-state index in [1.807, 2.05) is 0 Å². The number of aliphatic hydroxyl groups excluding tert-OH is 1. The van der Waals surface area contributed by atoms with Crippen LogP contribution in [-0.4, -0.2) is 42.8 Å². The summed E-state index contributed by atoms with van der Waals surface area (Å²) in [5.41, 5.74) is 2.72. The summed E-state index contributed by atoms with van der Waals surface area (Å²) in [4.78, 5) is 2.21. The summed E-state index contributed by atoms with van der Waals surface area (Å²) in [6.07, 6.45) is 1.06. The molecule has 0 radical (unpaired) electrons. The normalized spacial score (nSPS) is 14.6. The summed E-state index contributed by atoms with van der Waals surface area (Å²) in [6, 6.07) is 9.17. The first kappa shape index (κ1) is 16.2. The Morgan fingerprint density at radius 2 is 2.00 bits per heavy atom. The quantitative estimate of drug-likeness (QED) is 0.756. The molecular weight excluding hydrogens is 236 g/mol. The summed E-state index contributed by atoms with van der Waals surface area (Å²) < 4.78 is 0. The molecule has 1 aromatic rings. The van der Waals surface area contributed by atoms with Crippen LogP contribution in [0.3, 0.4) is 0 Å². The highest BCUT2D eigenvalue weighted by atomic mass is 16.3. The molecular formula is C16H28N2O. The molecule has 3 heteroatoms. The third-order valence-electron chi connectivity index (χ3n) is 3.80. The van der Waals surface area contributed by atoms with Crippen molar-refractivity contribution in [1.82, 2.24) is 10.2 Å². The molecule has 0 aliphatic rings. The van der Waals surface area contributed by atoms with Crippen molar-refractivity contribution < 1.29 is 5.11 Å². The van der Waals surface area contributed by atoms with Crippen LogP contribution in [0, 0.1) is 6.92 Å². The van der Waals surface area contributed by atoms with Crippen molar-refractivity contribution >= 4 is 0 Å². The first-order valence-electron chi connectivity index (χ1n) is 7.20. The lowest BCUT2D eigenvalue weighted by Gasteiger charge is -2.27. The number of nitrogens with one attached hydrogen (secondary N) is 1. The summed E-state index contributed by atoms with van der Waals surface area (Å²) in [7, 11) is 2.07. The zero-order valence-electron chi connectivity index (χ0n) is 12.7. The lowest BCUT2D eigenvalue weighted by atomic mass is 9.98. The molecule has 19 heavy (non-hydrogen) atoms. The van der Waals surface area contributed by atoms with E-state index >= 15 is 0 Å². The number of rotatable bonds is 8. The first-order chi connectivity index (χ1) is 9.10. The largest absolute Gasteiger partial charge is 0.395 e. The minimum absolute atomic E-state index is 0.215. The smallest absolute Gasteiger partial charge is 0.0584 e. The molecule has 108 valence electrons. The van der Waals surface area contributed by atoms with Crippen LogP contribution in [0.15, 0.2) is 24.3 Å². The van der Waals surface area contributed by atoms with E-state index in [4.69, 9.17) is 0 Å². The molecule has 0 aliphatic heterocycles. The van der Waals surface area contributed by atoms with Gasteiger partial charge in [-0.05, 0) is 45.0 Å². The van der Waals surface area contributed by atoms with Gasteiger partial charge in [0.2, 0.25) is 0 Å². The average Bonchev–Trinajstić information content (AvgIpc) is 2.43. The molecule has 0 aromatic heterocycles. The molecule has 0 amide bonds. The van der Waals surface area contributed by atoms with E-state index in [9.17, 15) is 5.11 Å².